The Morgan fingerprint density at radius 1 is 1.48 bits per heavy atom. The van der Waals surface area contributed by atoms with Gasteiger partial charge < -0.3 is 19.9 Å². The summed E-state index contributed by atoms with van der Waals surface area (Å²) < 4.78 is 10.5. The van der Waals surface area contributed by atoms with E-state index in [0.717, 1.165) is 0 Å². The van der Waals surface area contributed by atoms with Crippen molar-refractivity contribution < 1.29 is 19.4 Å². The van der Waals surface area contributed by atoms with Crippen LogP contribution >= 0.6 is 0 Å². The molecule has 0 aliphatic rings. The number of carbonyl (C=O) groups excluding carboxylic acids is 1. The molecule has 9 heteroatoms. The average Bonchev–Trinajstić information content (AvgIpc) is 2.90. The fraction of sp³-hybridized carbons (Fsp3) is 0.500. The van der Waals surface area contributed by atoms with E-state index < -0.39 is 6.10 Å². The van der Waals surface area contributed by atoms with Gasteiger partial charge in [-0.15, -0.1) is 5.10 Å². The minimum Gasteiger partial charge on any atom is -0.474 e. The summed E-state index contributed by atoms with van der Waals surface area (Å²) in [6.07, 6.45) is -0.851. The first kappa shape index (κ1) is 17.0. The normalized spacial score (nSPS) is 12.2. The lowest BCUT2D eigenvalue weighted by atomic mass is 10.1. The predicted octanol–water partition coefficient (Wildman–Crippen LogP) is 1.18. The van der Waals surface area contributed by atoms with E-state index in [2.05, 4.69) is 25.8 Å². The van der Waals surface area contributed by atoms with Gasteiger partial charge in [0.2, 0.25) is 5.88 Å². The quantitative estimate of drug-likeness (QED) is 0.568. The third-order valence-electron chi connectivity index (χ3n) is 3.04. The van der Waals surface area contributed by atoms with Gasteiger partial charge in [0.25, 0.3) is 0 Å². The summed E-state index contributed by atoms with van der Waals surface area (Å²) in [5.74, 6) is 0.649. The highest BCUT2D eigenvalue weighted by molar-refractivity contribution is 5.93. The van der Waals surface area contributed by atoms with Gasteiger partial charge in [-0.1, -0.05) is 0 Å². The summed E-state index contributed by atoms with van der Waals surface area (Å²) in [6, 6.07) is 1.26. The monoisotopic (exact) mass is 323 g/mol. The summed E-state index contributed by atoms with van der Waals surface area (Å²) >= 11 is 0. The molecule has 2 heterocycles. The highest BCUT2D eigenvalue weighted by atomic mass is 16.5. The first-order valence-electron chi connectivity index (χ1n) is 7.30. The number of aliphatic hydroxyl groups is 1. The summed E-state index contributed by atoms with van der Waals surface area (Å²) in [4.78, 5) is 15.9. The molecule has 2 rings (SSSR count). The lowest BCUT2D eigenvalue weighted by Gasteiger charge is -2.11. The van der Waals surface area contributed by atoms with Crippen LogP contribution in [0.1, 0.15) is 25.6 Å². The maximum atomic E-state index is 11.6. The molecule has 1 atom stereocenters. The van der Waals surface area contributed by atoms with Crippen molar-refractivity contribution in [2.24, 2.45) is 0 Å². The number of H-pyrrole nitrogens is 1. The molecule has 2 aromatic heterocycles. The van der Waals surface area contributed by atoms with Crippen molar-refractivity contribution in [3.8, 4) is 5.88 Å². The fourth-order valence-corrected chi connectivity index (χ4v) is 2.06. The fourth-order valence-electron chi connectivity index (χ4n) is 2.06. The zero-order valence-electron chi connectivity index (χ0n) is 13.3. The lowest BCUT2D eigenvalue weighted by molar-refractivity contribution is 0.144. The minimum atomic E-state index is -0.851. The molecule has 0 radical (unpaired) electrons. The SMILES string of the molecule is CCNC(=O)Nc1cc2[nH]nc(OCCOC)c2c([C@H](C)O)n1. The molecule has 0 saturated heterocycles. The zero-order chi connectivity index (χ0) is 16.8. The molecule has 0 spiro atoms. The third-order valence-corrected chi connectivity index (χ3v) is 3.04. The van der Waals surface area contributed by atoms with Crippen molar-refractivity contribution in [2.75, 3.05) is 32.2 Å². The number of rotatable bonds is 7. The lowest BCUT2D eigenvalue weighted by Crippen LogP contribution is -2.28. The smallest absolute Gasteiger partial charge is 0.320 e. The number of fused-ring (bicyclic) bond motifs is 1. The largest absolute Gasteiger partial charge is 0.474 e. The third kappa shape index (κ3) is 4.08. The number of ether oxygens (including phenoxy) is 2. The number of urea groups is 1. The van der Waals surface area contributed by atoms with Crippen LogP contribution in [0.3, 0.4) is 0 Å². The summed E-state index contributed by atoms with van der Waals surface area (Å²) in [5, 5.41) is 22.7. The second-order valence-corrected chi connectivity index (χ2v) is 4.85. The van der Waals surface area contributed by atoms with Crippen LogP contribution in [0, 0.1) is 0 Å². The van der Waals surface area contributed by atoms with Gasteiger partial charge in [0.15, 0.2) is 0 Å². The number of aliphatic hydroxyl groups excluding tert-OH is 1. The number of amides is 2. The van der Waals surface area contributed by atoms with Crippen LogP contribution in [0.25, 0.3) is 10.9 Å². The van der Waals surface area contributed by atoms with E-state index in [9.17, 15) is 9.90 Å². The number of aromatic nitrogens is 3. The number of hydrogen-bond acceptors (Lipinski definition) is 6. The zero-order valence-corrected chi connectivity index (χ0v) is 13.3. The maximum absolute atomic E-state index is 11.6. The van der Waals surface area contributed by atoms with Gasteiger partial charge >= 0.3 is 6.03 Å². The highest BCUT2D eigenvalue weighted by Crippen LogP contribution is 2.31. The highest BCUT2D eigenvalue weighted by Gasteiger charge is 2.18. The molecular formula is C14H21N5O4. The Bertz CT molecular complexity index is 670. The number of aromatic amines is 1. The van der Waals surface area contributed by atoms with Gasteiger partial charge in [-0.25, -0.2) is 9.78 Å². The number of anilines is 1. The van der Waals surface area contributed by atoms with Gasteiger partial charge in [-0.3, -0.25) is 10.4 Å². The molecule has 2 amide bonds. The summed E-state index contributed by atoms with van der Waals surface area (Å²) in [7, 11) is 1.58. The molecule has 2 aromatic rings. The molecule has 23 heavy (non-hydrogen) atoms. The molecule has 126 valence electrons. The molecule has 0 saturated carbocycles. The van der Waals surface area contributed by atoms with Gasteiger partial charge in [0.1, 0.15) is 12.4 Å². The summed E-state index contributed by atoms with van der Waals surface area (Å²) in [6.45, 7) is 4.65. The van der Waals surface area contributed by atoms with E-state index >= 15 is 0 Å². The topological polar surface area (TPSA) is 121 Å². The number of hydrogen-bond donors (Lipinski definition) is 4. The van der Waals surface area contributed by atoms with Crippen LogP contribution in [0.5, 0.6) is 5.88 Å². The van der Waals surface area contributed by atoms with Crippen LogP contribution in [0.15, 0.2) is 6.07 Å². The van der Waals surface area contributed by atoms with Gasteiger partial charge in [0, 0.05) is 19.7 Å². The number of carbonyl (C=O) groups is 1. The van der Waals surface area contributed by atoms with Crippen LogP contribution in [-0.2, 0) is 4.74 Å². The number of nitrogens with one attached hydrogen (secondary N) is 3. The van der Waals surface area contributed by atoms with Crippen molar-refractivity contribution in [2.45, 2.75) is 20.0 Å². The van der Waals surface area contributed by atoms with E-state index in [1.54, 1.807) is 20.1 Å². The number of nitrogens with zero attached hydrogens (tertiary/aromatic N) is 2. The van der Waals surface area contributed by atoms with E-state index in [-0.39, 0.29) is 6.03 Å². The van der Waals surface area contributed by atoms with Gasteiger partial charge in [-0.05, 0) is 13.8 Å². The molecule has 0 fully saturated rings. The van der Waals surface area contributed by atoms with Crippen molar-refractivity contribution in [3.05, 3.63) is 11.8 Å². The predicted molar refractivity (Wildman–Crippen MR) is 84.6 cm³/mol. The van der Waals surface area contributed by atoms with Crippen LogP contribution in [-0.4, -0.2) is 53.2 Å². The molecule has 0 aliphatic carbocycles. The standard InChI is InChI=1S/C14H21N5O4/c1-4-15-14(21)17-10-7-9-11(12(16-10)8(2)20)13(19-18-9)23-6-5-22-3/h7-8,20H,4-6H2,1-3H3,(H,18,19)(H2,15,16,17,21)/t8-/m0/s1. The Morgan fingerprint density at radius 3 is 2.91 bits per heavy atom. The van der Waals surface area contributed by atoms with E-state index in [4.69, 9.17) is 9.47 Å². The molecular weight excluding hydrogens is 302 g/mol. The molecule has 0 unspecified atom stereocenters. The molecule has 9 nitrogen and oxygen atoms in total. The van der Waals surface area contributed by atoms with Crippen LogP contribution < -0.4 is 15.4 Å². The van der Waals surface area contributed by atoms with Crippen molar-refractivity contribution in [1.29, 1.82) is 0 Å². The molecule has 0 bridgehead atoms. The van der Waals surface area contributed by atoms with Gasteiger partial charge in [0.05, 0.1) is 29.3 Å². The summed E-state index contributed by atoms with van der Waals surface area (Å²) in [5.41, 5.74) is 0.977. The second-order valence-electron chi connectivity index (χ2n) is 4.85. The second kappa shape index (κ2) is 7.75. The maximum Gasteiger partial charge on any atom is 0.320 e. The Balaban J connectivity index is 2.35. The van der Waals surface area contributed by atoms with Crippen molar-refractivity contribution >= 4 is 22.8 Å². The first-order valence-corrected chi connectivity index (χ1v) is 7.30. The van der Waals surface area contributed by atoms with E-state index in [1.165, 1.54) is 0 Å². The Labute approximate surface area is 133 Å². The van der Waals surface area contributed by atoms with E-state index in [0.29, 0.717) is 48.1 Å². The first-order chi connectivity index (χ1) is 11.1. The Kier molecular flexibility index (Phi) is 5.72. The number of pyridine rings is 1. The molecule has 0 aliphatic heterocycles. The Morgan fingerprint density at radius 2 is 2.26 bits per heavy atom. The van der Waals surface area contributed by atoms with Crippen LogP contribution in [0.2, 0.25) is 0 Å². The average molecular weight is 323 g/mol. The molecule has 0 aromatic carbocycles. The number of methoxy groups -OCH3 is 1. The van der Waals surface area contributed by atoms with Gasteiger partial charge in [-0.2, -0.15) is 0 Å². The minimum absolute atomic E-state index is 0.312. The van der Waals surface area contributed by atoms with Crippen LogP contribution in [0.4, 0.5) is 10.6 Å². The van der Waals surface area contributed by atoms with Crippen molar-refractivity contribution in [1.82, 2.24) is 20.5 Å². The van der Waals surface area contributed by atoms with Crippen molar-refractivity contribution in [3.63, 3.8) is 0 Å². The Hall–Kier alpha value is -2.39. The molecule has 4 N–H and O–H groups in total. The van der Waals surface area contributed by atoms with E-state index in [1.807, 2.05) is 6.92 Å².